The molecule has 17 heavy (non-hydrogen) atoms. The highest BCUT2D eigenvalue weighted by Gasteiger charge is 2.18. The van der Waals surface area contributed by atoms with Gasteiger partial charge < -0.3 is 9.64 Å². The van der Waals surface area contributed by atoms with Gasteiger partial charge in [-0.2, -0.15) is 0 Å². The third-order valence-corrected chi connectivity index (χ3v) is 3.03. The molecule has 0 aliphatic carbocycles. The molecule has 0 radical (unpaired) electrons. The van der Waals surface area contributed by atoms with Gasteiger partial charge >= 0.3 is 0 Å². The first kappa shape index (κ1) is 14.9. The highest BCUT2D eigenvalue weighted by molar-refractivity contribution is 4.72. The van der Waals surface area contributed by atoms with Crippen LogP contribution in [0.1, 0.15) is 34.6 Å². The third kappa shape index (κ3) is 7.02. The second-order valence-corrected chi connectivity index (χ2v) is 6.50. The van der Waals surface area contributed by atoms with Gasteiger partial charge in [-0.15, -0.1) is 0 Å². The van der Waals surface area contributed by atoms with E-state index in [4.69, 9.17) is 4.74 Å². The van der Waals surface area contributed by atoms with Crippen molar-refractivity contribution in [2.45, 2.75) is 40.2 Å². The lowest BCUT2D eigenvalue weighted by atomic mass is 10.2. The molecule has 3 nitrogen and oxygen atoms in total. The van der Waals surface area contributed by atoms with Gasteiger partial charge in [0.2, 0.25) is 0 Å². The van der Waals surface area contributed by atoms with Crippen LogP contribution in [0.3, 0.4) is 0 Å². The predicted octanol–water partition coefficient (Wildman–Crippen LogP) is 2.08. The standard InChI is InChI=1S/C14H30N2O/c1-13(2)12-16-8-6-15(7-9-16)10-11-17-14(3,4)5/h13H,6-12H2,1-5H3. The molecule has 1 saturated heterocycles. The summed E-state index contributed by atoms with van der Waals surface area (Å²) in [6.45, 7) is 18.9. The van der Waals surface area contributed by atoms with E-state index in [-0.39, 0.29) is 5.60 Å². The van der Waals surface area contributed by atoms with Gasteiger partial charge in [-0.3, -0.25) is 4.90 Å². The summed E-state index contributed by atoms with van der Waals surface area (Å²) in [5.74, 6) is 0.783. The largest absolute Gasteiger partial charge is 0.375 e. The summed E-state index contributed by atoms with van der Waals surface area (Å²) in [4.78, 5) is 5.09. The molecule has 1 heterocycles. The zero-order valence-electron chi connectivity index (χ0n) is 12.3. The molecule has 0 bridgehead atoms. The van der Waals surface area contributed by atoms with E-state index in [1.54, 1.807) is 0 Å². The van der Waals surface area contributed by atoms with Gasteiger partial charge in [0.25, 0.3) is 0 Å². The Morgan fingerprint density at radius 1 is 1.00 bits per heavy atom. The van der Waals surface area contributed by atoms with Crippen molar-refractivity contribution in [2.24, 2.45) is 5.92 Å². The lowest BCUT2D eigenvalue weighted by molar-refractivity contribution is -0.0181. The average molecular weight is 242 g/mol. The molecule has 3 heteroatoms. The van der Waals surface area contributed by atoms with Crippen LogP contribution in [0.15, 0.2) is 0 Å². The van der Waals surface area contributed by atoms with Crippen LogP contribution in [0.5, 0.6) is 0 Å². The quantitative estimate of drug-likeness (QED) is 0.734. The molecule has 1 rings (SSSR count). The Labute approximate surface area is 107 Å². The van der Waals surface area contributed by atoms with E-state index in [0.717, 1.165) is 19.1 Å². The minimum atomic E-state index is -0.000531. The van der Waals surface area contributed by atoms with Crippen LogP contribution < -0.4 is 0 Å². The molecule has 1 fully saturated rings. The Morgan fingerprint density at radius 3 is 2.00 bits per heavy atom. The zero-order chi connectivity index (χ0) is 12.9. The average Bonchev–Trinajstić information content (AvgIpc) is 2.18. The maximum atomic E-state index is 5.77. The van der Waals surface area contributed by atoms with Crippen molar-refractivity contribution in [3.05, 3.63) is 0 Å². The lowest BCUT2D eigenvalue weighted by Crippen LogP contribution is -2.48. The van der Waals surface area contributed by atoms with Gasteiger partial charge in [-0.25, -0.2) is 0 Å². The van der Waals surface area contributed by atoms with Crippen molar-refractivity contribution in [1.29, 1.82) is 0 Å². The molecule has 0 aromatic carbocycles. The van der Waals surface area contributed by atoms with Crippen LogP contribution >= 0.6 is 0 Å². The van der Waals surface area contributed by atoms with Gasteiger partial charge in [0.15, 0.2) is 0 Å². The number of hydrogen-bond donors (Lipinski definition) is 0. The molecule has 0 amide bonds. The smallest absolute Gasteiger partial charge is 0.0600 e. The molecule has 102 valence electrons. The summed E-state index contributed by atoms with van der Waals surface area (Å²) in [7, 11) is 0. The van der Waals surface area contributed by atoms with Crippen LogP contribution in [0.2, 0.25) is 0 Å². The fourth-order valence-corrected chi connectivity index (χ4v) is 2.19. The van der Waals surface area contributed by atoms with Crippen molar-refractivity contribution in [3.63, 3.8) is 0 Å². The monoisotopic (exact) mass is 242 g/mol. The first-order valence-electron chi connectivity index (χ1n) is 6.95. The minimum absolute atomic E-state index is 0.000531. The molecular formula is C14H30N2O. The van der Waals surface area contributed by atoms with Gasteiger partial charge in [-0.05, 0) is 26.7 Å². The molecule has 0 atom stereocenters. The summed E-state index contributed by atoms with van der Waals surface area (Å²) in [6.07, 6.45) is 0. The first-order chi connectivity index (χ1) is 7.87. The van der Waals surface area contributed by atoms with Crippen LogP contribution in [-0.4, -0.2) is 61.3 Å². The molecule has 0 saturated carbocycles. The third-order valence-electron chi connectivity index (χ3n) is 3.03. The van der Waals surface area contributed by atoms with E-state index >= 15 is 0 Å². The van der Waals surface area contributed by atoms with E-state index in [0.29, 0.717) is 0 Å². The Morgan fingerprint density at radius 2 is 1.53 bits per heavy atom. The minimum Gasteiger partial charge on any atom is -0.375 e. The Kier molecular flexibility index (Phi) is 5.90. The van der Waals surface area contributed by atoms with E-state index in [9.17, 15) is 0 Å². The Bertz CT molecular complexity index is 203. The molecule has 0 spiro atoms. The highest BCUT2D eigenvalue weighted by Crippen LogP contribution is 2.08. The van der Waals surface area contributed by atoms with Gasteiger partial charge in [0, 0.05) is 39.3 Å². The molecule has 0 N–H and O–H groups in total. The van der Waals surface area contributed by atoms with Crippen LogP contribution in [0, 0.1) is 5.92 Å². The number of rotatable bonds is 5. The fourth-order valence-electron chi connectivity index (χ4n) is 2.19. The number of nitrogens with zero attached hydrogens (tertiary/aromatic N) is 2. The Hall–Kier alpha value is -0.120. The summed E-state index contributed by atoms with van der Waals surface area (Å²) in [6, 6.07) is 0. The van der Waals surface area contributed by atoms with E-state index in [1.165, 1.54) is 32.7 Å². The predicted molar refractivity (Wildman–Crippen MR) is 73.4 cm³/mol. The van der Waals surface area contributed by atoms with Crippen molar-refractivity contribution >= 4 is 0 Å². The topological polar surface area (TPSA) is 15.7 Å². The molecule has 1 aliphatic rings. The maximum absolute atomic E-state index is 5.77. The van der Waals surface area contributed by atoms with Crippen LogP contribution in [0.4, 0.5) is 0 Å². The fraction of sp³-hybridized carbons (Fsp3) is 1.00. The molecule has 0 aromatic heterocycles. The van der Waals surface area contributed by atoms with Crippen LogP contribution in [0.25, 0.3) is 0 Å². The first-order valence-corrected chi connectivity index (χ1v) is 6.95. The van der Waals surface area contributed by atoms with Crippen molar-refractivity contribution in [2.75, 3.05) is 45.9 Å². The summed E-state index contributed by atoms with van der Waals surface area (Å²) in [5, 5.41) is 0. The van der Waals surface area contributed by atoms with Gasteiger partial charge in [0.05, 0.1) is 12.2 Å². The number of ether oxygens (including phenoxy) is 1. The second-order valence-electron chi connectivity index (χ2n) is 6.50. The van der Waals surface area contributed by atoms with Gasteiger partial charge in [-0.1, -0.05) is 13.8 Å². The van der Waals surface area contributed by atoms with E-state index < -0.39 is 0 Å². The van der Waals surface area contributed by atoms with Crippen molar-refractivity contribution < 1.29 is 4.74 Å². The van der Waals surface area contributed by atoms with Crippen LogP contribution in [-0.2, 0) is 4.74 Å². The Balaban J connectivity index is 2.11. The summed E-state index contributed by atoms with van der Waals surface area (Å²) >= 11 is 0. The van der Waals surface area contributed by atoms with Crippen molar-refractivity contribution in [3.8, 4) is 0 Å². The maximum Gasteiger partial charge on any atom is 0.0600 e. The SMILES string of the molecule is CC(C)CN1CCN(CCOC(C)(C)C)CC1. The van der Waals surface area contributed by atoms with Gasteiger partial charge in [0.1, 0.15) is 0 Å². The lowest BCUT2D eigenvalue weighted by Gasteiger charge is -2.35. The molecule has 1 aliphatic heterocycles. The summed E-state index contributed by atoms with van der Waals surface area (Å²) in [5.41, 5.74) is -0.000531. The second kappa shape index (κ2) is 6.72. The zero-order valence-corrected chi connectivity index (χ0v) is 12.3. The summed E-state index contributed by atoms with van der Waals surface area (Å²) < 4.78 is 5.77. The molecule has 0 aromatic rings. The van der Waals surface area contributed by atoms with E-state index in [1.807, 2.05) is 0 Å². The highest BCUT2D eigenvalue weighted by atomic mass is 16.5. The van der Waals surface area contributed by atoms with Crippen molar-refractivity contribution in [1.82, 2.24) is 9.80 Å². The normalized spacial score (nSPS) is 20.1. The van der Waals surface area contributed by atoms with E-state index in [2.05, 4.69) is 44.4 Å². The molecule has 0 unspecified atom stereocenters. The number of piperazine rings is 1. The molecular weight excluding hydrogens is 212 g/mol. The number of hydrogen-bond acceptors (Lipinski definition) is 3.